The number of amides is 2. The summed E-state index contributed by atoms with van der Waals surface area (Å²) in [7, 11) is 1.93. The van der Waals surface area contributed by atoms with E-state index in [4.69, 9.17) is 16.7 Å². The minimum atomic E-state index is -0.456. The molecule has 8 N–H and O–H groups in total. The predicted octanol–water partition coefficient (Wildman–Crippen LogP) is 3.62. The Hall–Kier alpha value is -2.58. The zero-order chi connectivity index (χ0) is 23.9. The number of rotatable bonds is 11. The van der Waals surface area contributed by atoms with E-state index in [0.717, 1.165) is 50.6 Å². The van der Waals surface area contributed by atoms with Crippen molar-refractivity contribution in [2.24, 2.45) is 16.5 Å². The molecule has 8 nitrogen and oxygen atoms in total. The number of carbonyl (C=O) groups excluding carboxylic acids is 1. The van der Waals surface area contributed by atoms with Crippen LogP contribution in [0, 0.1) is 0 Å². The van der Waals surface area contributed by atoms with E-state index in [9.17, 15) is 4.79 Å². The molecule has 1 unspecified atom stereocenters. The van der Waals surface area contributed by atoms with Gasteiger partial charge < -0.3 is 22.1 Å². The van der Waals surface area contributed by atoms with Crippen LogP contribution in [0.3, 0.4) is 0 Å². The van der Waals surface area contributed by atoms with Crippen LogP contribution in [0.15, 0.2) is 29.0 Å². The molecule has 0 heterocycles. The van der Waals surface area contributed by atoms with Gasteiger partial charge in [-0.3, -0.25) is 15.7 Å². The molecule has 0 spiro atoms. The molecule has 2 rings (SSSR count). The quantitative estimate of drug-likeness (QED) is 0.228. The molecular formula is C24H42N6O2. The Balaban J connectivity index is 0.000000324. The van der Waals surface area contributed by atoms with Crippen LogP contribution in [-0.4, -0.2) is 36.6 Å². The van der Waals surface area contributed by atoms with Crippen LogP contribution in [0.1, 0.15) is 69.6 Å². The predicted molar refractivity (Wildman–Crippen MR) is 133 cm³/mol. The molecule has 0 aliphatic heterocycles. The highest BCUT2D eigenvalue weighted by molar-refractivity contribution is 5.97. The summed E-state index contributed by atoms with van der Waals surface area (Å²) >= 11 is 0. The number of primary amides is 1. The second kappa shape index (κ2) is 15.3. The first kappa shape index (κ1) is 27.5. The lowest BCUT2D eigenvalue weighted by atomic mass is 9.99. The maximum Gasteiger partial charge on any atom is 0.316 e. The van der Waals surface area contributed by atoms with Crippen molar-refractivity contribution >= 4 is 17.4 Å². The molecule has 1 aliphatic carbocycles. The standard InChI is InChI=1S/C14H20N2O.C10H22N4O/c1-2-3-5-11-9-8-10-6-4-7-12(10)13(11)16-14(15)17;1-4-5-9(12-3)7-13-8(2)10(6-11)14-15/h8-9H,2-7H2,1H3,(H3,15,16,17);6,9,12,14-15H,4-5,7,11H2,1-3H3/b;10-6+,13-8?. The average molecular weight is 447 g/mol. The second-order valence-corrected chi connectivity index (χ2v) is 8.08. The van der Waals surface area contributed by atoms with Crippen molar-refractivity contribution in [2.45, 2.75) is 78.2 Å². The summed E-state index contributed by atoms with van der Waals surface area (Å²) in [5, 5.41) is 14.7. The molecule has 1 aromatic carbocycles. The number of nitrogens with one attached hydrogen (secondary N) is 3. The summed E-state index contributed by atoms with van der Waals surface area (Å²) in [5.74, 6) is 0. The van der Waals surface area contributed by atoms with Gasteiger partial charge in [0.2, 0.25) is 0 Å². The molecule has 2 amide bonds. The number of nitrogens with two attached hydrogens (primary N) is 2. The van der Waals surface area contributed by atoms with Gasteiger partial charge in [0, 0.05) is 17.9 Å². The van der Waals surface area contributed by atoms with Crippen LogP contribution < -0.4 is 27.6 Å². The normalized spacial score (nSPS) is 14.3. The largest absolute Gasteiger partial charge is 0.403 e. The molecule has 1 aromatic rings. The summed E-state index contributed by atoms with van der Waals surface area (Å²) in [4.78, 5) is 15.4. The maximum atomic E-state index is 11.1. The third-order valence-electron chi connectivity index (χ3n) is 5.69. The summed E-state index contributed by atoms with van der Waals surface area (Å²) in [6, 6.07) is 4.27. The lowest BCUT2D eigenvalue weighted by Crippen LogP contribution is -2.29. The van der Waals surface area contributed by atoms with Gasteiger partial charge in [-0.1, -0.05) is 38.8 Å². The van der Waals surface area contributed by atoms with Gasteiger partial charge >= 0.3 is 6.03 Å². The number of nitrogens with zero attached hydrogens (tertiary/aromatic N) is 1. The van der Waals surface area contributed by atoms with Gasteiger partial charge in [-0.05, 0) is 69.2 Å². The van der Waals surface area contributed by atoms with Gasteiger partial charge in [0.15, 0.2) is 0 Å². The number of likely N-dealkylation sites (N-methyl/N-ethyl adjacent to an activating group) is 1. The zero-order valence-electron chi connectivity index (χ0n) is 20.1. The number of anilines is 1. The first-order chi connectivity index (χ1) is 15.4. The van der Waals surface area contributed by atoms with Gasteiger partial charge in [0.25, 0.3) is 0 Å². The van der Waals surface area contributed by atoms with Crippen LogP contribution in [0.5, 0.6) is 0 Å². The number of aryl methyl sites for hydroxylation is 2. The number of hydrogen-bond acceptors (Lipinski definition) is 6. The van der Waals surface area contributed by atoms with Crippen molar-refractivity contribution in [1.82, 2.24) is 10.8 Å². The average Bonchev–Trinajstić information content (AvgIpc) is 3.26. The fraction of sp³-hybridized carbons (Fsp3) is 0.583. The fourth-order valence-corrected chi connectivity index (χ4v) is 3.82. The van der Waals surface area contributed by atoms with Crippen molar-refractivity contribution in [3.8, 4) is 0 Å². The van der Waals surface area contributed by atoms with Crippen molar-refractivity contribution < 1.29 is 10.0 Å². The molecule has 0 saturated heterocycles. The molecule has 0 aromatic heterocycles. The lowest BCUT2D eigenvalue weighted by Gasteiger charge is -2.14. The minimum absolute atomic E-state index is 0.377. The molecular weight excluding hydrogens is 404 g/mol. The van der Waals surface area contributed by atoms with Crippen LogP contribution in [-0.2, 0) is 19.3 Å². The topological polar surface area (TPSA) is 138 Å². The molecule has 1 atom stereocenters. The number of aliphatic imine (C=N–C) groups is 1. The Morgan fingerprint density at radius 2 is 2.03 bits per heavy atom. The Kier molecular flexibility index (Phi) is 13.1. The summed E-state index contributed by atoms with van der Waals surface area (Å²) in [5.41, 5.74) is 18.6. The molecule has 0 fully saturated rings. The molecule has 0 saturated carbocycles. The van der Waals surface area contributed by atoms with Crippen LogP contribution in [0.4, 0.5) is 10.5 Å². The Bertz CT molecular complexity index is 776. The highest BCUT2D eigenvalue weighted by Gasteiger charge is 2.18. The molecule has 0 radical (unpaired) electrons. The first-order valence-electron chi connectivity index (χ1n) is 11.6. The smallest absolute Gasteiger partial charge is 0.316 e. The van der Waals surface area contributed by atoms with Crippen molar-refractivity contribution in [1.29, 1.82) is 0 Å². The number of urea groups is 1. The third kappa shape index (κ3) is 8.88. The van der Waals surface area contributed by atoms with Crippen molar-refractivity contribution in [2.75, 3.05) is 18.9 Å². The summed E-state index contributed by atoms with van der Waals surface area (Å²) < 4.78 is 0. The number of fused-ring (bicyclic) bond motifs is 1. The number of hydrogen-bond donors (Lipinski definition) is 6. The number of unbranched alkanes of at least 4 members (excludes halogenated alkanes) is 1. The number of carbonyl (C=O) groups is 1. The number of benzene rings is 1. The van der Waals surface area contributed by atoms with Crippen LogP contribution >= 0.6 is 0 Å². The van der Waals surface area contributed by atoms with E-state index < -0.39 is 6.03 Å². The molecule has 8 heteroatoms. The van der Waals surface area contributed by atoms with Gasteiger partial charge in [-0.2, -0.15) is 0 Å². The first-order valence-corrected chi connectivity index (χ1v) is 11.6. The molecule has 180 valence electrons. The van der Waals surface area contributed by atoms with E-state index in [-0.39, 0.29) is 0 Å². The summed E-state index contributed by atoms with van der Waals surface area (Å²) in [6.45, 7) is 6.81. The molecule has 32 heavy (non-hydrogen) atoms. The summed E-state index contributed by atoms with van der Waals surface area (Å²) in [6.07, 6.45) is 10.2. The van der Waals surface area contributed by atoms with Crippen molar-refractivity contribution in [3.63, 3.8) is 0 Å². The van der Waals surface area contributed by atoms with Gasteiger partial charge in [0.1, 0.15) is 0 Å². The van der Waals surface area contributed by atoms with Crippen LogP contribution in [0.25, 0.3) is 0 Å². The van der Waals surface area contributed by atoms with Gasteiger partial charge in [-0.25, -0.2) is 4.79 Å². The maximum absolute atomic E-state index is 11.1. The Morgan fingerprint density at radius 3 is 2.59 bits per heavy atom. The highest BCUT2D eigenvalue weighted by Crippen LogP contribution is 2.32. The molecule has 1 aliphatic rings. The SMILES string of the molecule is CCCC(CN=C(C)/C(=C\N)NO)NC.CCCCc1ccc2c(c1NC(N)=O)CCC2. The zero-order valence-corrected chi connectivity index (χ0v) is 20.1. The van der Waals surface area contributed by atoms with E-state index in [0.29, 0.717) is 24.0 Å². The van der Waals surface area contributed by atoms with E-state index in [2.05, 4.69) is 41.6 Å². The van der Waals surface area contributed by atoms with Gasteiger partial charge in [0.05, 0.1) is 18.0 Å². The van der Waals surface area contributed by atoms with E-state index >= 15 is 0 Å². The van der Waals surface area contributed by atoms with Crippen LogP contribution in [0.2, 0.25) is 0 Å². The van der Waals surface area contributed by atoms with E-state index in [1.54, 1.807) is 6.92 Å². The van der Waals surface area contributed by atoms with E-state index in [1.165, 1.54) is 29.3 Å². The number of allylic oxidation sites excluding steroid dienone is 1. The fourth-order valence-electron chi connectivity index (χ4n) is 3.82. The Labute approximate surface area is 192 Å². The minimum Gasteiger partial charge on any atom is -0.403 e. The lowest BCUT2D eigenvalue weighted by molar-refractivity contribution is 0.207. The highest BCUT2D eigenvalue weighted by atomic mass is 16.5. The molecule has 0 bridgehead atoms. The monoisotopic (exact) mass is 446 g/mol. The second-order valence-electron chi connectivity index (χ2n) is 8.08. The van der Waals surface area contributed by atoms with Gasteiger partial charge in [-0.15, -0.1) is 0 Å². The Morgan fingerprint density at radius 1 is 1.28 bits per heavy atom. The third-order valence-corrected chi connectivity index (χ3v) is 5.69. The number of hydroxylamine groups is 1. The van der Waals surface area contributed by atoms with E-state index in [1.807, 2.05) is 12.5 Å². The van der Waals surface area contributed by atoms with Crippen molar-refractivity contribution in [3.05, 3.63) is 40.7 Å².